The van der Waals surface area contributed by atoms with E-state index in [-0.39, 0.29) is 34.0 Å². The van der Waals surface area contributed by atoms with Gasteiger partial charge in [0.05, 0.1) is 0 Å². The third-order valence-corrected chi connectivity index (χ3v) is 1.04. The third-order valence-electron chi connectivity index (χ3n) is 1.04. The van der Waals surface area contributed by atoms with Crippen LogP contribution in [0.3, 0.4) is 0 Å². The summed E-state index contributed by atoms with van der Waals surface area (Å²) in [7, 11) is 0. The lowest BCUT2D eigenvalue weighted by Gasteiger charge is -2.02. The molecule has 4 nitrogen and oxygen atoms in total. The van der Waals surface area contributed by atoms with Gasteiger partial charge in [-0.05, 0) is 19.4 Å². The Balaban J connectivity index is -0.000000320. The fourth-order valence-electron chi connectivity index (χ4n) is 0.461. The first-order chi connectivity index (χ1) is 4.18. The van der Waals surface area contributed by atoms with E-state index in [0.717, 1.165) is 0 Å². The first-order valence-electron chi connectivity index (χ1n) is 2.87. The smallest absolute Gasteiger partial charge is 0.320 e. The van der Waals surface area contributed by atoms with E-state index in [2.05, 4.69) is 0 Å². The molecule has 0 aromatic rings. The maximum absolute atomic E-state index is 10.0. The van der Waals surface area contributed by atoms with E-state index in [9.17, 15) is 4.79 Å². The highest BCUT2D eigenvalue weighted by molar-refractivity contribution is 8.93. The van der Waals surface area contributed by atoms with Crippen molar-refractivity contribution in [3.05, 3.63) is 0 Å². The molecule has 70 valence electrons. The van der Waals surface area contributed by atoms with Crippen LogP contribution in [0, 0.1) is 0 Å². The summed E-state index contributed by atoms with van der Waals surface area (Å²) in [4.78, 5) is 10.0. The van der Waals surface area contributed by atoms with Gasteiger partial charge in [-0.1, -0.05) is 0 Å². The second-order valence-corrected chi connectivity index (χ2v) is 1.88. The summed E-state index contributed by atoms with van der Waals surface area (Å²) in [6.45, 7) is 0.501. The molecule has 0 aromatic heterocycles. The lowest BCUT2D eigenvalue weighted by molar-refractivity contribution is -0.138. The first kappa shape index (κ1) is 17.4. The molecule has 0 bridgehead atoms. The number of hydrogen-bond donors (Lipinski definition) is 3. The van der Waals surface area contributed by atoms with E-state index in [1.54, 1.807) is 0 Å². The van der Waals surface area contributed by atoms with Crippen molar-refractivity contribution in [1.82, 2.24) is 0 Å². The van der Waals surface area contributed by atoms with Gasteiger partial charge in [-0.15, -0.1) is 34.0 Å². The molecule has 0 aromatic carbocycles. The van der Waals surface area contributed by atoms with E-state index in [1.807, 2.05) is 0 Å². The number of hydrogen-bond acceptors (Lipinski definition) is 3. The monoisotopic (exact) mass is 292 g/mol. The fourth-order valence-corrected chi connectivity index (χ4v) is 0.461. The van der Waals surface area contributed by atoms with Crippen LogP contribution in [-0.2, 0) is 4.79 Å². The molecule has 6 heteroatoms. The predicted molar refractivity (Wildman–Crippen MR) is 54.5 cm³/mol. The van der Waals surface area contributed by atoms with E-state index in [0.29, 0.717) is 19.4 Å². The largest absolute Gasteiger partial charge is 0.480 e. The normalized spacial score (nSPS) is 10.7. The Morgan fingerprint density at radius 3 is 2.18 bits per heavy atom. The number of nitrogens with two attached hydrogens (primary N) is 2. The molecule has 0 aliphatic heterocycles. The summed E-state index contributed by atoms with van der Waals surface area (Å²) < 4.78 is 0. The minimum Gasteiger partial charge on any atom is -0.480 e. The molecule has 0 radical (unpaired) electrons. The van der Waals surface area contributed by atoms with Crippen molar-refractivity contribution in [1.29, 1.82) is 0 Å². The van der Waals surface area contributed by atoms with Gasteiger partial charge >= 0.3 is 5.97 Å². The summed E-state index contributed by atoms with van der Waals surface area (Å²) in [6, 6.07) is -0.742. The molecule has 1 unspecified atom stereocenters. The Hall–Kier alpha value is 0.350. The van der Waals surface area contributed by atoms with Crippen molar-refractivity contribution in [3.63, 3.8) is 0 Å². The molecule has 0 rings (SSSR count). The second kappa shape index (κ2) is 10.3. The maximum atomic E-state index is 10.0. The van der Waals surface area contributed by atoms with E-state index in [4.69, 9.17) is 16.6 Å². The number of aliphatic carboxylic acids is 1. The van der Waals surface area contributed by atoms with E-state index < -0.39 is 12.0 Å². The minimum absolute atomic E-state index is 0. The number of rotatable bonds is 4. The number of halogens is 2. The highest BCUT2D eigenvalue weighted by atomic mass is 79.9. The minimum atomic E-state index is -0.955. The summed E-state index contributed by atoms with van der Waals surface area (Å²) in [5.74, 6) is -0.955. The molecule has 0 aliphatic rings. The molecule has 0 fully saturated rings. The predicted octanol–water partition coefficient (Wildman–Crippen LogP) is 0.293. The molecule has 0 spiro atoms. The van der Waals surface area contributed by atoms with Crippen LogP contribution in [0.4, 0.5) is 0 Å². The first-order valence-corrected chi connectivity index (χ1v) is 2.87. The SMILES string of the molecule is Br.Br.NCCCC(N)C(=O)O. The van der Waals surface area contributed by atoms with Gasteiger partial charge in [0.15, 0.2) is 0 Å². The number of carboxylic acids is 1. The summed E-state index contributed by atoms with van der Waals surface area (Å²) in [6.07, 6.45) is 1.14. The fraction of sp³-hybridized carbons (Fsp3) is 0.800. The van der Waals surface area contributed by atoms with Crippen LogP contribution in [0.1, 0.15) is 12.8 Å². The van der Waals surface area contributed by atoms with Gasteiger partial charge in [0.1, 0.15) is 6.04 Å². The van der Waals surface area contributed by atoms with Crippen molar-refractivity contribution in [3.8, 4) is 0 Å². The molecule has 1 atom stereocenters. The van der Waals surface area contributed by atoms with Gasteiger partial charge in [0.25, 0.3) is 0 Å². The molecule has 0 heterocycles. The van der Waals surface area contributed by atoms with Gasteiger partial charge in [-0.2, -0.15) is 0 Å². The quantitative estimate of drug-likeness (QED) is 0.695. The van der Waals surface area contributed by atoms with Crippen LogP contribution >= 0.6 is 34.0 Å². The Labute approximate surface area is 86.9 Å². The molecule has 11 heavy (non-hydrogen) atoms. The van der Waals surface area contributed by atoms with Gasteiger partial charge in [0.2, 0.25) is 0 Å². The standard InChI is InChI=1S/C5H12N2O2.2BrH/c6-3-1-2-4(7)5(8)9;;/h4H,1-3,6-7H2,(H,8,9);2*1H. The van der Waals surface area contributed by atoms with Crippen LogP contribution in [0.15, 0.2) is 0 Å². The van der Waals surface area contributed by atoms with Gasteiger partial charge in [0, 0.05) is 0 Å². The van der Waals surface area contributed by atoms with Crippen molar-refractivity contribution in [2.75, 3.05) is 6.54 Å². The summed E-state index contributed by atoms with van der Waals surface area (Å²) in [5, 5.41) is 8.24. The maximum Gasteiger partial charge on any atom is 0.320 e. The van der Waals surface area contributed by atoms with Crippen LogP contribution in [-0.4, -0.2) is 23.7 Å². The number of carboxylic acid groups (broad SMARTS) is 1. The lowest BCUT2D eigenvalue weighted by atomic mass is 10.2. The van der Waals surface area contributed by atoms with Gasteiger partial charge < -0.3 is 16.6 Å². The molecule has 0 aliphatic carbocycles. The zero-order valence-electron chi connectivity index (χ0n) is 6.03. The summed E-state index contributed by atoms with van der Waals surface area (Å²) >= 11 is 0. The van der Waals surface area contributed by atoms with Crippen LogP contribution < -0.4 is 11.5 Å². The zero-order valence-corrected chi connectivity index (χ0v) is 9.45. The van der Waals surface area contributed by atoms with Crippen molar-refractivity contribution in [2.24, 2.45) is 11.5 Å². The summed E-state index contributed by atoms with van der Waals surface area (Å²) in [5.41, 5.74) is 10.3. The van der Waals surface area contributed by atoms with Crippen LogP contribution in [0.5, 0.6) is 0 Å². The molecule has 0 amide bonds. The number of carbonyl (C=O) groups is 1. The lowest BCUT2D eigenvalue weighted by Crippen LogP contribution is -2.30. The average Bonchev–Trinajstić information content (AvgIpc) is 1.82. The molecular formula is C5H14Br2N2O2. The Morgan fingerprint density at radius 2 is 1.91 bits per heavy atom. The Bertz CT molecular complexity index is 102. The van der Waals surface area contributed by atoms with Crippen LogP contribution in [0.25, 0.3) is 0 Å². The third kappa shape index (κ3) is 10.4. The molecule has 0 saturated carbocycles. The van der Waals surface area contributed by atoms with Gasteiger partial charge in [-0.3, -0.25) is 4.79 Å². The topological polar surface area (TPSA) is 89.3 Å². The molecule has 5 N–H and O–H groups in total. The molecular weight excluding hydrogens is 280 g/mol. The zero-order chi connectivity index (χ0) is 7.28. The average molecular weight is 294 g/mol. The van der Waals surface area contributed by atoms with E-state index >= 15 is 0 Å². The highest BCUT2D eigenvalue weighted by Crippen LogP contribution is 1.91. The van der Waals surface area contributed by atoms with E-state index in [1.165, 1.54) is 0 Å². The highest BCUT2D eigenvalue weighted by Gasteiger charge is 2.08. The van der Waals surface area contributed by atoms with Crippen molar-refractivity contribution in [2.45, 2.75) is 18.9 Å². The van der Waals surface area contributed by atoms with Crippen LogP contribution in [0.2, 0.25) is 0 Å². The second-order valence-electron chi connectivity index (χ2n) is 1.88. The van der Waals surface area contributed by atoms with Crippen molar-refractivity contribution < 1.29 is 9.90 Å². The van der Waals surface area contributed by atoms with Gasteiger partial charge in [-0.25, -0.2) is 0 Å². The van der Waals surface area contributed by atoms with Crippen molar-refractivity contribution >= 4 is 39.9 Å². The molecule has 0 saturated heterocycles. The Morgan fingerprint density at radius 1 is 1.45 bits per heavy atom. The Kier molecular flexibility index (Phi) is 16.4.